The highest BCUT2D eigenvalue weighted by Gasteiger charge is 2.27. The van der Waals surface area contributed by atoms with Crippen molar-refractivity contribution in [1.82, 2.24) is 14.2 Å². The molecule has 130 valence electrons. The van der Waals surface area contributed by atoms with Crippen LogP contribution in [0.2, 0.25) is 0 Å². The van der Waals surface area contributed by atoms with Crippen molar-refractivity contribution < 1.29 is 8.42 Å². The summed E-state index contributed by atoms with van der Waals surface area (Å²) >= 11 is 0. The fraction of sp³-hybridized carbons (Fsp3) is 0.444. The number of rotatable bonds is 6. The molecule has 1 N–H and O–H groups in total. The van der Waals surface area contributed by atoms with Crippen molar-refractivity contribution in [2.45, 2.75) is 30.7 Å². The molecule has 1 aromatic carbocycles. The van der Waals surface area contributed by atoms with E-state index in [1.54, 1.807) is 12.1 Å². The van der Waals surface area contributed by atoms with Crippen molar-refractivity contribution in [3.05, 3.63) is 53.9 Å². The summed E-state index contributed by atoms with van der Waals surface area (Å²) in [5.41, 5.74) is 2.19. The number of aryl methyl sites for hydroxylation is 2. The van der Waals surface area contributed by atoms with Gasteiger partial charge >= 0.3 is 0 Å². The molecule has 1 aliphatic rings. The number of sulfonamides is 1. The number of likely N-dealkylation sites (tertiary alicyclic amines) is 1. The van der Waals surface area contributed by atoms with Crippen molar-refractivity contribution in [3.63, 3.8) is 0 Å². The summed E-state index contributed by atoms with van der Waals surface area (Å²) in [5.74, 6) is 0. The first-order valence-corrected chi connectivity index (χ1v) is 9.87. The number of nitrogens with one attached hydrogen (secondary N) is 1. The highest BCUT2D eigenvalue weighted by atomic mass is 32.2. The van der Waals surface area contributed by atoms with E-state index in [0.29, 0.717) is 11.4 Å². The van der Waals surface area contributed by atoms with Gasteiger partial charge in [0.2, 0.25) is 10.0 Å². The number of aromatic nitrogens is 1. The van der Waals surface area contributed by atoms with Gasteiger partial charge in [0.1, 0.15) is 0 Å². The quantitative estimate of drug-likeness (QED) is 0.873. The first-order valence-electron chi connectivity index (χ1n) is 8.39. The van der Waals surface area contributed by atoms with Gasteiger partial charge in [-0.05, 0) is 57.1 Å². The van der Waals surface area contributed by atoms with Crippen LogP contribution in [-0.2, 0) is 17.1 Å². The van der Waals surface area contributed by atoms with E-state index in [9.17, 15) is 8.42 Å². The van der Waals surface area contributed by atoms with E-state index in [1.807, 2.05) is 38.4 Å². The summed E-state index contributed by atoms with van der Waals surface area (Å²) in [6.07, 6.45) is 4.35. The SMILES string of the molecule is Cc1ccc(S(=O)(=O)NCC(c2cccn2C)N2CCCC2)cc1. The maximum absolute atomic E-state index is 12.6. The van der Waals surface area contributed by atoms with Crippen molar-refractivity contribution in [2.24, 2.45) is 7.05 Å². The van der Waals surface area contributed by atoms with Crippen molar-refractivity contribution in [3.8, 4) is 0 Å². The molecule has 1 aromatic heterocycles. The normalized spacial score (nSPS) is 17.2. The maximum atomic E-state index is 12.6. The highest BCUT2D eigenvalue weighted by molar-refractivity contribution is 7.89. The van der Waals surface area contributed by atoms with Crippen molar-refractivity contribution in [2.75, 3.05) is 19.6 Å². The van der Waals surface area contributed by atoms with Crippen LogP contribution in [0.3, 0.4) is 0 Å². The third-order valence-corrected chi connectivity index (χ3v) is 6.14. The Hall–Kier alpha value is -1.63. The van der Waals surface area contributed by atoms with E-state index in [4.69, 9.17) is 0 Å². The van der Waals surface area contributed by atoms with E-state index in [-0.39, 0.29) is 6.04 Å². The van der Waals surface area contributed by atoms with Crippen molar-refractivity contribution >= 4 is 10.0 Å². The molecule has 2 heterocycles. The molecule has 0 bridgehead atoms. The zero-order chi connectivity index (χ0) is 17.2. The summed E-state index contributed by atoms with van der Waals surface area (Å²) in [7, 11) is -1.48. The second-order valence-electron chi connectivity index (χ2n) is 6.47. The fourth-order valence-electron chi connectivity index (χ4n) is 3.28. The van der Waals surface area contributed by atoms with Gasteiger partial charge in [-0.1, -0.05) is 17.7 Å². The van der Waals surface area contributed by atoms with Crippen LogP contribution in [0.4, 0.5) is 0 Å². The summed E-state index contributed by atoms with van der Waals surface area (Å²) in [6, 6.07) is 11.1. The van der Waals surface area contributed by atoms with Crippen molar-refractivity contribution in [1.29, 1.82) is 0 Å². The third-order valence-electron chi connectivity index (χ3n) is 4.70. The molecule has 0 aliphatic carbocycles. The molecule has 24 heavy (non-hydrogen) atoms. The van der Waals surface area contributed by atoms with Gasteiger partial charge in [-0.25, -0.2) is 13.1 Å². The van der Waals surface area contributed by atoms with Gasteiger partial charge < -0.3 is 4.57 Å². The average Bonchev–Trinajstić information content (AvgIpc) is 3.21. The van der Waals surface area contributed by atoms with Crippen LogP contribution in [-0.4, -0.2) is 37.5 Å². The monoisotopic (exact) mass is 347 g/mol. The molecule has 3 rings (SSSR count). The van der Waals surface area contributed by atoms with E-state index in [1.165, 1.54) is 12.8 Å². The first-order chi connectivity index (χ1) is 11.5. The predicted octanol–water partition coefficient (Wildman–Crippen LogP) is 2.45. The Morgan fingerprint density at radius 2 is 1.79 bits per heavy atom. The van der Waals surface area contributed by atoms with E-state index >= 15 is 0 Å². The molecular formula is C18H25N3O2S. The van der Waals surface area contributed by atoms with E-state index < -0.39 is 10.0 Å². The molecule has 0 amide bonds. The topological polar surface area (TPSA) is 54.3 Å². The Kier molecular flexibility index (Phi) is 5.08. The molecule has 0 radical (unpaired) electrons. The zero-order valence-corrected chi connectivity index (χ0v) is 15.1. The van der Waals surface area contributed by atoms with Gasteiger partial charge in [0, 0.05) is 25.5 Å². The summed E-state index contributed by atoms with van der Waals surface area (Å²) in [5, 5.41) is 0. The zero-order valence-electron chi connectivity index (χ0n) is 14.3. The highest BCUT2D eigenvalue weighted by Crippen LogP contribution is 2.25. The molecular weight excluding hydrogens is 322 g/mol. The molecule has 6 heteroatoms. The van der Waals surface area contributed by atoms with Gasteiger partial charge in [-0.3, -0.25) is 4.90 Å². The minimum atomic E-state index is -3.49. The Morgan fingerprint density at radius 1 is 1.12 bits per heavy atom. The number of benzene rings is 1. The smallest absolute Gasteiger partial charge is 0.240 e. The summed E-state index contributed by atoms with van der Waals surface area (Å²) in [6.45, 7) is 4.36. The lowest BCUT2D eigenvalue weighted by Crippen LogP contribution is -2.37. The number of hydrogen-bond donors (Lipinski definition) is 1. The molecule has 2 aromatic rings. The second-order valence-corrected chi connectivity index (χ2v) is 8.23. The van der Waals surface area contributed by atoms with Crippen LogP contribution >= 0.6 is 0 Å². The lowest BCUT2D eigenvalue weighted by molar-refractivity contribution is 0.238. The standard InChI is InChI=1S/C18H25N3O2S/c1-15-7-9-16(10-8-15)24(22,23)19-14-18(21-12-3-4-13-21)17-6-5-11-20(17)2/h5-11,18-19H,3-4,12-14H2,1-2H3. The Morgan fingerprint density at radius 3 is 2.38 bits per heavy atom. The Balaban J connectivity index is 1.78. The Labute approximate surface area is 144 Å². The lowest BCUT2D eigenvalue weighted by Gasteiger charge is -2.28. The molecule has 1 fully saturated rings. The van der Waals surface area contributed by atoms with Crippen LogP contribution in [0.5, 0.6) is 0 Å². The molecule has 5 nitrogen and oxygen atoms in total. The van der Waals surface area contributed by atoms with E-state index in [0.717, 1.165) is 24.3 Å². The average molecular weight is 347 g/mol. The maximum Gasteiger partial charge on any atom is 0.240 e. The summed E-state index contributed by atoms with van der Waals surface area (Å²) < 4.78 is 30.0. The van der Waals surface area contributed by atoms with Crippen LogP contribution < -0.4 is 4.72 Å². The van der Waals surface area contributed by atoms with Gasteiger partial charge in [0.05, 0.1) is 10.9 Å². The Bertz CT molecular complexity index is 775. The molecule has 1 unspecified atom stereocenters. The van der Waals surface area contributed by atoms with Crippen LogP contribution in [0, 0.1) is 6.92 Å². The number of nitrogens with zero attached hydrogens (tertiary/aromatic N) is 2. The lowest BCUT2D eigenvalue weighted by atomic mass is 10.2. The van der Waals surface area contributed by atoms with E-state index in [2.05, 4.69) is 20.3 Å². The van der Waals surface area contributed by atoms with Crippen LogP contribution in [0.25, 0.3) is 0 Å². The number of hydrogen-bond acceptors (Lipinski definition) is 3. The van der Waals surface area contributed by atoms with Gasteiger partial charge in [-0.15, -0.1) is 0 Å². The van der Waals surface area contributed by atoms with Gasteiger partial charge in [0.15, 0.2) is 0 Å². The third kappa shape index (κ3) is 3.71. The largest absolute Gasteiger partial charge is 0.353 e. The minimum Gasteiger partial charge on any atom is -0.353 e. The molecule has 1 atom stereocenters. The van der Waals surface area contributed by atoms with Gasteiger partial charge in [-0.2, -0.15) is 0 Å². The van der Waals surface area contributed by atoms with Crippen LogP contribution in [0.1, 0.15) is 30.1 Å². The summed E-state index contributed by atoms with van der Waals surface area (Å²) in [4.78, 5) is 2.69. The molecule has 1 aliphatic heterocycles. The molecule has 1 saturated heterocycles. The predicted molar refractivity (Wildman–Crippen MR) is 95.3 cm³/mol. The van der Waals surface area contributed by atoms with Gasteiger partial charge in [0.25, 0.3) is 0 Å². The first kappa shape index (κ1) is 17.2. The molecule has 0 saturated carbocycles. The molecule has 0 spiro atoms. The second kappa shape index (κ2) is 7.09. The minimum absolute atomic E-state index is 0.0627. The van der Waals surface area contributed by atoms with Crippen LogP contribution in [0.15, 0.2) is 47.5 Å². The fourth-order valence-corrected chi connectivity index (χ4v) is 4.32.